The summed E-state index contributed by atoms with van der Waals surface area (Å²) in [6, 6.07) is 6.66. The monoisotopic (exact) mass is 265 g/mol. The molecule has 0 radical (unpaired) electrons. The fraction of sp³-hybridized carbons (Fsp3) is 0.385. The minimum atomic E-state index is -0.857. The number of hydrogen-bond donors (Lipinski definition) is 3. The number of oxime groups is 1. The number of nitrogens with one attached hydrogen (secondary N) is 1. The number of hydrogen-bond acceptors (Lipinski definition) is 4. The Hall–Kier alpha value is -2.08. The second-order valence-corrected chi connectivity index (χ2v) is 4.31. The maximum absolute atomic E-state index is 12.0. The van der Waals surface area contributed by atoms with Crippen molar-refractivity contribution < 1.29 is 14.7 Å². The summed E-state index contributed by atoms with van der Waals surface area (Å²) in [5, 5.41) is 14.2. The lowest BCUT2D eigenvalue weighted by Crippen LogP contribution is -2.41. The number of amidine groups is 1. The van der Waals surface area contributed by atoms with Gasteiger partial charge in [-0.2, -0.15) is 0 Å². The van der Waals surface area contributed by atoms with Gasteiger partial charge in [-0.15, -0.1) is 0 Å². The summed E-state index contributed by atoms with van der Waals surface area (Å²) in [5.74, 6) is -0.192. The highest BCUT2D eigenvalue weighted by Gasteiger charge is 2.30. The fourth-order valence-electron chi connectivity index (χ4n) is 1.44. The van der Waals surface area contributed by atoms with Crippen LogP contribution >= 0.6 is 0 Å². The van der Waals surface area contributed by atoms with Crippen molar-refractivity contribution in [1.82, 2.24) is 0 Å². The van der Waals surface area contributed by atoms with Crippen molar-refractivity contribution in [2.45, 2.75) is 25.9 Å². The Morgan fingerprint density at radius 2 is 2.05 bits per heavy atom. The zero-order chi connectivity index (χ0) is 14.5. The minimum absolute atomic E-state index is 0.0214. The van der Waals surface area contributed by atoms with E-state index in [0.717, 1.165) is 0 Å². The van der Waals surface area contributed by atoms with Crippen molar-refractivity contribution in [3.05, 3.63) is 29.8 Å². The third-order valence-corrected chi connectivity index (χ3v) is 3.15. The zero-order valence-electron chi connectivity index (χ0n) is 11.3. The van der Waals surface area contributed by atoms with Crippen LogP contribution in [0.4, 0.5) is 5.69 Å². The first kappa shape index (κ1) is 15.0. The Kier molecular flexibility index (Phi) is 4.88. The second-order valence-electron chi connectivity index (χ2n) is 4.31. The predicted octanol–water partition coefficient (Wildman–Crippen LogP) is 1.53. The highest BCUT2D eigenvalue weighted by atomic mass is 16.5. The van der Waals surface area contributed by atoms with E-state index < -0.39 is 5.60 Å². The predicted molar refractivity (Wildman–Crippen MR) is 73.3 cm³/mol. The van der Waals surface area contributed by atoms with Gasteiger partial charge in [0.1, 0.15) is 5.60 Å². The summed E-state index contributed by atoms with van der Waals surface area (Å²) in [6.07, 6.45) is 0.567. The molecule has 1 unspecified atom stereocenters. The van der Waals surface area contributed by atoms with Crippen molar-refractivity contribution >= 4 is 17.4 Å². The molecule has 6 nitrogen and oxygen atoms in total. The Labute approximate surface area is 112 Å². The molecular weight excluding hydrogens is 246 g/mol. The minimum Gasteiger partial charge on any atom is -0.409 e. The summed E-state index contributed by atoms with van der Waals surface area (Å²) in [4.78, 5) is 12.0. The van der Waals surface area contributed by atoms with Gasteiger partial charge in [0.2, 0.25) is 0 Å². The lowest BCUT2D eigenvalue weighted by molar-refractivity contribution is -0.136. The van der Waals surface area contributed by atoms with Crippen molar-refractivity contribution in [3.63, 3.8) is 0 Å². The van der Waals surface area contributed by atoms with Gasteiger partial charge in [0.25, 0.3) is 5.91 Å². The number of carbonyl (C=O) groups excluding carboxylic acids is 1. The molecule has 0 saturated heterocycles. The summed E-state index contributed by atoms with van der Waals surface area (Å²) in [6.45, 7) is 3.61. The molecule has 0 aliphatic heterocycles. The number of anilines is 1. The van der Waals surface area contributed by atoms with Crippen LogP contribution in [0.25, 0.3) is 0 Å². The van der Waals surface area contributed by atoms with Crippen LogP contribution in [0.3, 0.4) is 0 Å². The molecule has 0 saturated carbocycles. The smallest absolute Gasteiger partial charge is 0.256 e. The largest absolute Gasteiger partial charge is 0.409 e. The summed E-state index contributed by atoms with van der Waals surface area (Å²) in [7, 11) is 1.50. The molecule has 0 heterocycles. The van der Waals surface area contributed by atoms with E-state index >= 15 is 0 Å². The molecule has 0 bridgehead atoms. The van der Waals surface area contributed by atoms with Crippen LogP contribution in [-0.2, 0) is 9.53 Å². The van der Waals surface area contributed by atoms with Gasteiger partial charge in [-0.05, 0) is 37.6 Å². The molecule has 1 atom stereocenters. The number of rotatable bonds is 5. The van der Waals surface area contributed by atoms with Crippen molar-refractivity contribution in [3.8, 4) is 0 Å². The zero-order valence-corrected chi connectivity index (χ0v) is 11.3. The molecule has 19 heavy (non-hydrogen) atoms. The van der Waals surface area contributed by atoms with Gasteiger partial charge in [0.05, 0.1) is 0 Å². The van der Waals surface area contributed by atoms with E-state index in [4.69, 9.17) is 15.7 Å². The summed E-state index contributed by atoms with van der Waals surface area (Å²) >= 11 is 0. The molecule has 104 valence electrons. The third-order valence-electron chi connectivity index (χ3n) is 3.15. The molecule has 1 amide bonds. The second kappa shape index (κ2) is 6.19. The van der Waals surface area contributed by atoms with Crippen LogP contribution in [0.1, 0.15) is 25.8 Å². The Morgan fingerprint density at radius 1 is 1.47 bits per heavy atom. The SMILES string of the molecule is CCC(C)(OC)C(=O)Nc1ccc(/C(N)=N/O)cc1. The number of benzene rings is 1. The molecular formula is C13H19N3O3. The van der Waals surface area contributed by atoms with Crippen LogP contribution in [0, 0.1) is 0 Å². The van der Waals surface area contributed by atoms with Crippen LogP contribution < -0.4 is 11.1 Å². The van der Waals surface area contributed by atoms with Gasteiger partial charge < -0.3 is 21.0 Å². The van der Waals surface area contributed by atoms with Gasteiger partial charge in [-0.25, -0.2) is 0 Å². The average molecular weight is 265 g/mol. The van der Waals surface area contributed by atoms with Crippen molar-refractivity contribution in [1.29, 1.82) is 0 Å². The molecule has 0 aliphatic rings. The van der Waals surface area contributed by atoms with E-state index in [1.54, 1.807) is 31.2 Å². The van der Waals surface area contributed by atoms with Gasteiger partial charge >= 0.3 is 0 Å². The van der Waals surface area contributed by atoms with E-state index in [2.05, 4.69) is 10.5 Å². The highest BCUT2D eigenvalue weighted by Crippen LogP contribution is 2.18. The maximum atomic E-state index is 12.0. The van der Waals surface area contributed by atoms with Crippen LogP contribution in [0.15, 0.2) is 29.4 Å². The van der Waals surface area contributed by atoms with E-state index in [1.807, 2.05) is 6.92 Å². The Bertz CT molecular complexity index is 465. The molecule has 1 aromatic rings. The average Bonchev–Trinajstić information content (AvgIpc) is 2.46. The van der Waals surface area contributed by atoms with E-state index in [9.17, 15) is 4.79 Å². The molecule has 1 rings (SSSR count). The lowest BCUT2D eigenvalue weighted by Gasteiger charge is -2.25. The van der Waals surface area contributed by atoms with E-state index in [0.29, 0.717) is 17.7 Å². The van der Waals surface area contributed by atoms with Crippen LogP contribution in [0.2, 0.25) is 0 Å². The standard InChI is InChI=1S/C13H19N3O3/c1-4-13(2,19-3)12(17)15-10-7-5-9(6-8-10)11(14)16-18/h5-8,18H,4H2,1-3H3,(H2,14,16)(H,15,17). The molecule has 0 aromatic heterocycles. The molecule has 6 heteroatoms. The number of nitrogens with two attached hydrogens (primary N) is 1. The van der Waals surface area contributed by atoms with Crippen molar-refractivity contribution in [2.24, 2.45) is 10.9 Å². The molecule has 4 N–H and O–H groups in total. The van der Waals surface area contributed by atoms with Crippen LogP contribution in [0.5, 0.6) is 0 Å². The molecule has 0 aliphatic carbocycles. The molecule has 1 aromatic carbocycles. The van der Waals surface area contributed by atoms with Gasteiger partial charge in [-0.3, -0.25) is 4.79 Å². The first-order valence-electron chi connectivity index (χ1n) is 5.91. The normalized spacial score (nSPS) is 14.8. The number of carbonyl (C=O) groups is 1. The summed E-state index contributed by atoms with van der Waals surface area (Å²) in [5.41, 5.74) is 5.79. The van der Waals surface area contributed by atoms with E-state index in [1.165, 1.54) is 7.11 Å². The van der Waals surface area contributed by atoms with Crippen molar-refractivity contribution in [2.75, 3.05) is 12.4 Å². The van der Waals surface area contributed by atoms with Gasteiger partial charge in [0.15, 0.2) is 5.84 Å². The number of amides is 1. The first-order valence-corrected chi connectivity index (χ1v) is 5.91. The molecule has 0 spiro atoms. The highest BCUT2D eigenvalue weighted by molar-refractivity contribution is 5.99. The van der Waals surface area contributed by atoms with Gasteiger partial charge in [-0.1, -0.05) is 12.1 Å². The lowest BCUT2D eigenvalue weighted by atomic mass is 10.0. The number of ether oxygens (including phenoxy) is 1. The number of nitrogens with zero attached hydrogens (tertiary/aromatic N) is 1. The van der Waals surface area contributed by atoms with Gasteiger partial charge in [0, 0.05) is 18.4 Å². The quantitative estimate of drug-likeness (QED) is 0.325. The topological polar surface area (TPSA) is 96.9 Å². The van der Waals surface area contributed by atoms with Crippen LogP contribution in [-0.4, -0.2) is 29.7 Å². The maximum Gasteiger partial charge on any atom is 0.256 e. The summed E-state index contributed by atoms with van der Waals surface area (Å²) < 4.78 is 5.22. The fourth-order valence-corrected chi connectivity index (χ4v) is 1.44. The Balaban J connectivity index is 2.81. The number of methoxy groups -OCH3 is 1. The van der Waals surface area contributed by atoms with E-state index in [-0.39, 0.29) is 11.7 Å². The molecule has 0 fully saturated rings. The Morgan fingerprint density at radius 3 is 2.47 bits per heavy atom. The third kappa shape index (κ3) is 3.45. The first-order chi connectivity index (χ1) is 8.96.